The summed E-state index contributed by atoms with van der Waals surface area (Å²) in [5, 5.41) is 6.65. The Morgan fingerprint density at radius 3 is 2.45 bits per heavy atom. The third-order valence-electron chi connectivity index (χ3n) is 4.52. The van der Waals surface area contributed by atoms with Crippen molar-refractivity contribution in [1.82, 2.24) is 15.3 Å². The van der Waals surface area contributed by atoms with Gasteiger partial charge in [0, 0.05) is 35.5 Å². The van der Waals surface area contributed by atoms with E-state index in [1.807, 2.05) is 54.6 Å². The van der Waals surface area contributed by atoms with Crippen LogP contribution in [0.5, 0.6) is 0 Å². The molecule has 0 radical (unpaired) electrons. The summed E-state index contributed by atoms with van der Waals surface area (Å²) in [5.41, 5.74) is 3.27. The first-order valence-electron chi connectivity index (χ1n) is 9.60. The number of pyridine rings is 1. The fraction of sp³-hybridized carbons (Fsp3) is 0.0870. The molecule has 0 fully saturated rings. The van der Waals surface area contributed by atoms with Gasteiger partial charge in [0.25, 0.3) is 0 Å². The van der Waals surface area contributed by atoms with Crippen LogP contribution < -0.4 is 10.6 Å². The van der Waals surface area contributed by atoms with Crippen LogP contribution in [0.15, 0.2) is 79.1 Å². The molecule has 0 unspecified atom stereocenters. The fourth-order valence-corrected chi connectivity index (χ4v) is 3.03. The van der Waals surface area contributed by atoms with Crippen LogP contribution in [0.3, 0.4) is 0 Å². The lowest BCUT2D eigenvalue weighted by molar-refractivity contribution is -0.00272. The number of ether oxygens (including phenoxy) is 2. The minimum absolute atomic E-state index is 0.228. The number of nitrogens with one attached hydrogen (secondary N) is 3. The molecule has 0 aliphatic rings. The average molecular weight is 416 g/mol. The second kappa shape index (κ2) is 9.45. The van der Waals surface area contributed by atoms with E-state index in [2.05, 4.69) is 20.6 Å². The first-order chi connectivity index (χ1) is 15.2. The molecule has 2 aromatic carbocycles. The lowest BCUT2D eigenvalue weighted by atomic mass is 10.2. The van der Waals surface area contributed by atoms with Crippen molar-refractivity contribution in [1.29, 1.82) is 0 Å². The van der Waals surface area contributed by atoms with E-state index >= 15 is 0 Å². The molecule has 156 valence electrons. The number of aromatic nitrogens is 2. The minimum atomic E-state index is -0.677. The molecule has 31 heavy (non-hydrogen) atoms. The summed E-state index contributed by atoms with van der Waals surface area (Å²) in [7, 11) is 0. The second-order valence-electron chi connectivity index (χ2n) is 6.60. The average Bonchev–Trinajstić information content (AvgIpc) is 3.17. The molecular weight excluding hydrogens is 396 g/mol. The van der Waals surface area contributed by atoms with Crippen molar-refractivity contribution in [2.45, 2.75) is 6.54 Å². The largest absolute Gasteiger partial charge is 0.423 e. The van der Waals surface area contributed by atoms with Crippen molar-refractivity contribution in [3.63, 3.8) is 0 Å². The molecule has 0 spiro atoms. The monoisotopic (exact) mass is 416 g/mol. The second-order valence-corrected chi connectivity index (χ2v) is 6.60. The molecule has 0 aliphatic carbocycles. The molecular formula is C23H20N4O4. The van der Waals surface area contributed by atoms with E-state index in [4.69, 9.17) is 9.47 Å². The van der Waals surface area contributed by atoms with Crippen molar-refractivity contribution in [2.75, 3.05) is 12.1 Å². The number of carbonyl (C=O) groups is 2. The van der Waals surface area contributed by atoms with Gasteiger partial charge < -0.3 is 25.1 Å². The third-order valence-corrected chi connectivity index (χ3v) is 4.52. The number of aromatic amines is 1. The van der Waals surface area contributed by atoms with Crippen LogP contribution in [0.25, 0.3) is 10.9 Å². The first-order valence-corrected chi connectivity index (χ1v) is 9.60. The van der Waals surface area contributed by atoms with Crippen LogP contribution in [0.4, 0.5) is 16.2 Å². The lowest BCUT2D eigenvalue weighted by Gasteiger charge is -2.10. The number of esters is 1. The lowest BCUT2D eigenvalue weighted by Crippen LogP contribution is -2.25. The Kier molecular flexibility index (Phi) is 6.08. The number of para-hydroxylation sites is 1. The zero-order chi connectivity index (χ0) is 21.5. The Bertz CT molecular complexity index is 1180. The standard InChI is InChI=1S/C23H20N4O4/c28-22(30-15-31-23(29)25-14-16-6-2-1-3-7-16)21-20(26-17-10-12-24-13-11-17)18-8-4-5-9-19(18)27-21/h1-13,27H,14-15H2,(H,24,26)(H,25,29). The number of benzene rings is 2. The Morgan fingerprint density at radius 1 is 0.903 bits per heavy atom. The van der Waals surface area contributed by atoms with Crippen LogP contribution in [0, 0.1) is 0 Å². The van der Waals surface area contributed by atoms with E-state index in [-0.39, 0.29) is 5.69 Å². The first kappa shape index (κ1) is 20.0. The van der Waals surface area contributed by atoms with Gasteiger partial charge >= 0.3 is 12.1 Å². The van der Waals surface area contributed by atoms with Crippen LogP contribution in [0.1, 0.15) is 16.1 Å². The highest BCUT2D eigenvalue weighted by Gasteiger charge is 2.20. The van der Waals surface area contributed by atoms with E-state index in [0.717, 1.165) is 22.2 Å². The molecule has 0 bridgehead atoms. The quantitative estimate of drug-likeness (QED) is 0.306. The van der Waals surface area contributed by atoms with Crippen molar-refractivity contribution < 1.29 is 19.1 Å². The zero-order valence-electron chi connectivity index (χ0n) is 16.5. The number of rotatable bonds is 7. The van der Waals surface area contributed by atoms with E-state index in [1.165, 1.54) is 0 Å². The number of hydrogen-bond donors (Lipinski definition) is 3. The van der Waals surface area contributed by atoms with E-state index in [1.54, 1.807) is 24.5 Å². The molecule has 2 heterocycles. The maximum Gasteiger partial charge on any atom is 0.410 e. The zero-order valence-corrected chi connectivity index (χ0v) is 16.5. The molecule has 8 nitrogen and oxygen atoms in total. The number of hydrogen-bond acceptors (Lipinski definition) is 6. The predicted octanol–water partition coefficient (Wildman–Crippen LogP) is 4.35. The maximum atomic E-state index is 12.7. The number of fused-ring (bicyclic) bond motifs is 1. The molecule has 0 saturated carbocycles. The van der Waals surface area contributed by atoms with Gasteiger partial charge in [-0.25, -0.2) is 9.59 Å². The molecule has 2 aromatic heterocycles. The SMILES string of the molecule is O=C(NCc1ccccc1)OCOC(=O)c1[nH]c2ccccc2c1Nc1ccncc1. The number of amides is 1. The summed E-state index contributed by atoms with van der Waals surface area (Å²) in [5.74, 6) is -0.649. The molecule has 0 saturated heterocycles. The van der Waals surface area contributed by atoms with Gasteiger partial charge in [-0.15, -0.1) is 0 Å². The van der Waals surface area contributed by atoms with Crippen LogP contribution >= 0.6 is 0 Å². The highest BCUT2D eigenvalue weighted by Crippen LogP contribution is 2.30. The van der Waals surface area contributed by atoms with Crippen molar-refractivity contribution in [3.05, 3.63) is 90.4 Å². The van der Waals surface area contributed by atoms with E-state index < -0.39 is 18.9 Å². The topological polar surface area (TPSA) is 105 Å². The van der Waals surface area contributed by atoms with Gasteiger partial charge in [-0.1, -0.05) is 48.5 Å². The van der Waals surface area contributed by atoms with Gasteiger partial charge in [0.1, 0.15) is 5.69 Å². The van der Waals surface area contributed by atoms with Crippen molar-refractivity contribution >= 4 is 34.3 Å². The summed E-state index contributed by atoms with van der Waals surface area (Å²) >= 11 is 0. The molecule has 4 rings (SSSR count). The molecule has 0 aliphatic heterocycles. The van der Waals surface area contributed by atoms with E-state index in [0.29, 0.717) is 12.2 Å². The van der Waals surface area contributed by atoms with Gasteiger partial charge in [-0.3, -0.25) is 4.98 Å². The van der Waals surface area contributed by atoms with E-state index in [9.17, 15) is 9.59 Å². The molecule has 8 heteroatoms. The summed E-state index contributed by atoms with van der Waals surface area (Å²) in [6.07, 6.45) is 2.62. The molecule has 3 N–H and O–H groups in total. The fourth-order valence-electron chi connectivity index (χ4n) is 3.03. The summed E-state index contributed by atoms with van der Waals surface area (Å²) in [6.45, 7) is -0.195. The van der Waals surface area contributed by atoms with Gasteiger partial charge in [-0.05, 0) is 23.8 Å². The molecule has 4 aromatic rings. The smallest absolute Gasteiger partial charge is 0.410 e. The molecule has 0 atom stereocenters. The Balaban J connectivity index is 1.39. The highest BCUT2D eigenvalue weighted by atomic mass is 16.7. The summed E-state index contributed by atoms with van der Waals surface area (Å²) < 4.78 is 10.1. The van der Waals surface area contributed by atoms with Crippen LogP contribution in [-0.4, -0.2) is 28.8 Å². The predicted molar refractivity (Wildman–Crippen MR) is 116 cm³/mol. The Hall–Kier alpha value is -4.33. The maximum absolute atomic E-state index is 12.7. The summed E-state index contributed by atoms with van der Waals surface area (Å²) in [4.78, 5) is 31.6. The summed E-state index contributed by atoms with van der Waals surface area (Å²) in [6, 6.07) is 20.5. The Morgan fingerprint density at radius 2 is 1.65 bits per heavy atom. The van der Waals surface area contributed by atoms with Gasteiger partial charge in [0.15, 0.2) is 0 Å². The number of nitrogens with zero attached hydrogens (tertiary/aromatic N) is 1. The van der Waals surface area contributed by atoms with Gasteiger partial charge in [-0.2, -0.15) is 0 Å². The van der Waals surface area contributed by atoms with Crippen LogP contribution in [0.2, 0.25) is 0 Å². The van der Waals surface area contributed by atoms with Gasteiger partial charge in [0.05, 0.1) is 5.69 Å². The molecule has 1 amide bonds. The number of H-pyrrole nitrogens is 1. The van der Waals surface area contributed by atoms with Crippen molar-refractivity contribution in [3.8, 4) is 0 Å². The third kappa shape index (κ3) is 4.99. The Labute approximate surface area is 178 Å². The highest BCUT2D eigenvalue weighted by molar-refractivity contribution is 6.07. The normalized spacial score (nSPS) is 10.5. The van der Waals surface area contributed by atoms with Crippen molar-refractivity contribution in [2.24, 2.45) is 0 Å². The number of alkyl carbamates (subject to hydrolysis) is 1. The van der Waals surface area contributed by atoms with Crippen LogP contribution in [-0.2, 0) is 16.0 Å². The number of anilines is 2. The number of carbonyl (C=O) groups excluding carboxylic acids is 2. The minimum Gasteiger partial charge on any atom is -0.423 e. The van der Waals surface area contributed by atoms with Gasteiger partial charge in [0.2, 0.25) is 6.79 Å².